The minimum atomic E-state index is -0.0419. The van der Waals surface area contributed by atoms with Crippen LogP contribution >= 0.6 is 0 Å². The van der Waals surface area contributed by atoms with Crippen LogP contribution < -0.4 is 10.6 Å². The topological polar surface area (TPSA) is 70.7 Å². The van der Waals surface area contributed by atoms with Crippen LogP contribution in [0, 0.1) is 5.92 Å². The molecule has 1 aromatic carbocycles. The summed E-state index contributed by atoms with van der Waals surface area (Å²) >= 11 is 0. The maximum Gasteiger partial charge on any atom is 0.251 e. The van der Waals surface area contributed by atoms with Crippen LogP contribution in [0.3, 0.4) is 0 Å². The Morgan fingerprint density at radius 2 is 1.71 bits per heavy atom. The lowest BCUT2D eigenvalue weighted by Gasteiger charge is -2.26. The predicted octanol–water partition coefficient (Wildman–Crippen LogP) is 2.34. The second-order valence-corrected chi connectivity index (χ2v) is 7.81. The van der Waals surface area contributed by atoms with Crippen molar-refractivity contribution in [2.75, 3.05) is 39.4 Å². The zero-order valence-corrected chi connectivity index (χ0v) is 16.8. The largest absolute Gasteiger partial charge is 0.379 e. The summed E-state index contributed by atoms with van der Waals surface area (Å²) in [7, 11) is 0. The smallest absolute Gasteiger partial charge is 0.251 e. The Balaban J connectivity index is 1.34. The number of carbonyl (C=O) groups excluding carboxylic acids is 2. The summed E-state index contributed by atoms with van der Waals surface area (Å²) < 4.78 is 5.34. The molecule has 0 radical (unpaired) electrons. The molecule has 1 aliphatic carbocycles. The number of ether oxygens (including phenoxy) is 1. The van der Waals surface area contributed by atoms with Gasteiger partial charge < -0.3 is 15.4 Å². The van der Waals surface area contributed by atoms with Gasteiger partial charge in [0, 0.05) is 37.7 Å². The Labute approximate surface area is 168 Å². The van der Waals surface area contributed by atoms with Crippen LogP contribution in [-0.2, 0) is 16.1 Å². The van der Waals surface area contributed by atoms with Gasteiger partial charge >= 0.3 is 0 Å². The highest BCUT2D eigenvalue weighted by Crippen LogP contribution is 2.23. The third-order valence-corrected chi connectivity index (χ3v) is 5.70. The Morgan fingerprint density at radius 1 is 1.00 bits per heavy atom. The van der Waals surface area contributed by atoms with E-state index in [1.54, 1.807) is 0 Å². The van der Waals surface area contributed by atoms with Crippen LogP contribution in [0.15, 0.2) is 24.3 Å². The van der Waals surface area contributed by atoms with Gasteiger partial charge in [0.2, 0.25) is 5.91 Å². The van der Waals surface area contributed by atoms with Gasteiger partial charge in [-0.1, -0.05) is 31.4 Å². The number of amides is 2. The van der Waals surface area contributed by atoms with Gasteiger partial charge in [-0.15, -0.1) is 0 Å². The highest BCUT2D eigenvalue weighted by atomic mass is 16.5. The molecule has 0 atom stereocenters. The molecule has 6 heteroatoms. The molecule has 0 bridgehead atoms. The van der Waals surface area contributed by atoms with Crippen LogP contribution in [0.4, 0.5) is 0 Å². The molecule has 0 spiro atoms. The first-order valence-electron chi connectivity index (χ1n) is 10.7. The highest BCUT2D eigenvalue weighted by molar-refractivity contribution is 5.94. The van der Waals surface area contributed by atoms with Crippen LogP contribution in [0.5, 0.6) is 0 Å². The molecule has 154 valence electrons. The van der Waals surface area contributed by atoms with Crippen molar-refractivity contribution in [2.45, 2.75) is 45.1 Å². The van der Waals surface area contributed by atoms with Crippen molar-refractivity contribution in [3.05, 3.63) is 35.4 Å². The maximum absolute atomic E-state index is 12.3. The van der Waals surface area contributed by atoms with Crippen molar-refractivity contribution in [2.24, 2.45) is 5.92 Å². The first-order valence-corrected chi connectivity index (χ1v) is 10.7. The molecule has 2 N–H and O–H groups in total. The zero-order chi connectivity index (χ0) is 19.6. The van der Waals surface area contributed by atoms with E-state index in [4.69, 9.17) is 4.74 Å². The third-order valence-electron chi connectivity index (χ3n) is 5.70. The van der Waals surface area contributed by atoms with E-state index in [0.29, 0.717) is 18.7 Å². The van der Waals surface area contributed by atoms with Crippen LogP contribution in [0.2, 0.25) is 0 Å². The van der Waals surface area contributed by atoms with Gasteiger partial charge in [-0.25, -0.2) is 0 Å². The van der Waals surface area contributed by atoms with Crippen molar-refractivity contribution >= 4 is 11.8 Å². The quantitative estimate of drug-likeness (QED) is 0.672. The summed E-state index contributed by atoms with van der Waals surface area (Å²) in [5.74, 6) is 0.304. The van der Waals surface area contributed by atoms with E-state index < -0.39 is 0 Å². The van der Waals surface area contributed by atoms with Gasteiger partial charge in [0.25, 0.3) is 5.91 Å². The van der Waals surface area contributed by atoms with E-state index in [2.05, 4.69) is 15.5 Å². The van der Waals surface area contributed by atoms with E-state index in [-0.39, 0.29) is 17.7 Å². The van der Waals surface area contributed by atoms with Crippen LogP contribution in [0.25, 0.3) is 0 Å². The van der Waals surface area contributed by atoms with Gasteiger partial charge in [-0.2, -0.15) is 0 Å². The monoisotopic (exact) mass is 387 g/mol. The number of benzene rings is 1. The molecule has 3 rings (SSSR count). The van der Waals surface area contributed by atoms with Crippen molar-refractivity contribution in [1.29, 1.82) is 0 Å². The molecule has 6 nitrogen and oxygen atoms in total. The predicted molar refractivity (Wildman–Crippen MR) is 109 cm³/mol. The van der Waals surface area contributed by atoms with Gasteiger partial charge in [0.05, 0.1) is 13.2 Å². The lowest BCUT2D eigenvalue weighted by molar-refractivity contribution is -0.126. The minimum absolute atomic E-state index is 0.0419. The summed E-state index contributed by atoms with van der Waals surface area (Å²) in [5.41, 5.74) is 1.68. The summed E-state index contributed by atoms with van der Waals surface area (Å²) in [4.78, 5) is 26.9. The number of nitrogens with zero attached hydrogens (tertiary/aromatic N) is 1. The fraction of sp³-hybridized carbons (Fsp3) is 0.636. The van der Waals surface area contributed by atoms with Crippen LogP contribution in [0.1, 0.15) is 54.4 Å². The molecule has 1 saturated heterocycles. The second-order valence-electron chi connectivity index (χ2n) is 7.81. The van der Waals surface area contributed by atoms with E-state index >= 15 is 0 Å². The number of nitrogens with one attached hydrogen (secondary N) is 2. The molecule has 28 heavy (non-hydrogen) atoms. The number of carbonyl (C=O) groups is 2. The summed E-state index contributed by atoms with van der Waals surface area (Å²) in [5, 5.41) is 6.02. The molecular formula is C22H33N3O3. The molecule has 0 unspecified atom stereocenters. The Bertz CT molecular complexity index is 620. The van der Waals surface area contributed by atoms with Gasteiger partial charge in [-0.3, -0.25) is 14.5 Å². The average Bonchev–Trinajstić information content (AvgIpc) is 2.76. The molecule has 2 amide bonds. The number of hydrogen-bond acceptors (Lipinski definition) is 4. The number of morpholine rings is 1. The Hall–Kier alpha value is -1.92. The maximum atomic E-state index is 12.3. The third kappa shape index (κ3) is 6.60. The summed E-state index contributed by atoms with van der Waals surface area (Å²) in [6.07, 6.45) is 6.53. The number of hydrogen-bond donors (Lipinski definition) is 2. The van der Waals surface area contributed by atoms with Crippen molar-refractivity contribution in [1.82, 2.24) is 15.5 Å². The lowest BCUT2D eigenvalue weighted by atomic mass is 9.88. The van der Waals surface area contributed by atoms with E-state index in [9.17, 15) is 9.59 Å². The van der Waals surface area contributed by atoms with Crippen molar-refractivity contribution in [3.63, 3.8) is 0 Å². The fourth-order valence-corrected chi connectivity index (χ4v) is 3.90. The number of rotatable bonds is 8. The fourth-order valence-electron chi connectivity index (χ4n) is 3.90. The lowest BCUT2D eigenvalue weighted by Crippen LogP contribution is -2.38. The molecule has 1 aromatic rings. The normalized spacial score (nSPS) is 18.6. The summed E-state index contributed by atoms with van der Waals surface area (Å²) in [6, 6.07) is 7.51. The average molecular weight is 388 g/mol. The van der Waals surface area contributed by atoms with E-state index in [1.807, 2.05) is 24.3 Å². The van der Waals surface area contributed by atoms with Gasteiger partial charge in [0.1, 0.15) is 0 Å². The first kappa shape index (κ1) is 20.8. The minimum Gasteiger partial charge on any atom is -0.379 e. The van der Waals surface area contributed by atoms with Crippen LogP contribution in [-0.4, -0.2) is 56.1 Å². The SMILES string of the molecule is O=C(NCCCN1CCOCC1)c1ccc(CNC(=O)C2CCCCC2)cc1. The molecule has 2 fully saturated rings. The van der Waals surface area contributed by atoms with Gasteiger partial charge in [0.15, 0.2) is 0 Å². The van der Waals surface area contributed by atoms with Gasteiger partial charge in [-0.05, 0) is 43.5 Å². The molecular weight excluding hydrogens is 354 g/mol. The zero-order valence-electron chi connectivity index (χ0n) is 16.8. The van der Waals surface area contributed by atoms with E-state index in [0.717, 1.165) is 70.5 Å². The molecule has 1 saturated carbocycles. The molecule has 2 aliphatic rings. The van der Waals surface area contributed by atoms with E-state index in [1.165, 1.54) is 6.42 Å². The summed E-state index contributed by atoms with van der Waals surface area (Å²) in [6.45, 7) is 5.76. The standard InChI is InChI=1S/C22H33N3O3/c26-21(23-11-4-12-25-13-15-28-16-14-25)20-9-7-18(8-10-20)17-24-22(27)19-5-2-1-3-6-19/h7-10,19H,1-6,11-17H2,(H,23,26)(H,24,27). The Kier molecular flexibility index (Phi) is 8.30. The first-order chi connectivity index (χ1) is 13.7. The highest BCUT2D eigenvalue weighted by Gasteiger charge is 2.20. The van der Waals surface area contributed by atoms with Crippen molar-refractivity contribution in [3.8, 4) is 0 Å². The van der Waals surface area contributed by atoms with Crippen molar-refractivity contribution < 1.29 is 14.3 Å². The second kappa shape index (κ2) is 11.2. The Morgan fingerprint density at radius 3 is 2.43 bits per heavy atom. The molecule has 1 heterocycles. The molecule has 0 aromatic heterocycles. The molecule has 1 aliphatic heterocycles.